The summed E-state index contributed by atoms with van der Waals surface area (Å²) in [6, 6.07) is 5.91. The van der Waals surface area contributed by atoms with Crippen molar-refractivity contribution in [3.63, 3.8) is 0 Å². The Kier molecular flexibility index (Phi) is 2.75. The van der Waals surface area contributed by atoms with Crippen molar-refractivity contribution in [1.82, 2.24) is 9.78 Å². The fraction of sp³-hybridized carbons (Fsp3) is 0.0909. The minimum Gasteiger partial charge on any atom is -0.296 e. The van der Waals surface area contributed by atoms with Crippen LogP contribution >= 0.6 is 11.6 Å². The van der Waals surface area contributed by atoms with Gasteiger partial charge in [-0.15, -0.1) is 0 Å². The molecule has 2 rings (SSSR count). The van der Waals surface area contributed by atoms with Crippen LogP contribution in [0.2, 0.25) is 5.02 Å². The quantitative estimate of drug-likeness (QED) is 0.754. The molecule has 0 fully saturated rings. The van der Waals surface area contributed by atoms with E-state index in [0.29, 0.717) is 17.5 Å². The zero-order chi connectivity index (χ0) is 11.7. The molecule has 5 heteroatoms. The Balaban J connectivity index is 2.61. The van der Waals surface area contributed by atoms with Crippen molar-refractivity contribution in [3.8, 4) is 11.3 Å². The monoisotopic (exact) mass is 238 g/mol. The summed E-state index contributed by atoms with van der Waals surface area (Å²) in [6.07, 6.45) is 0.623. The number of nitrogens with zero attached hydrogens (tertiary/aromatic N) is 2. The molecule has 0 bridgehead atoms. The molecule has 0 aliphatic carbocycles. The lowest BCUT2D eigenvalue weighted by Gasteiger charge is -1.96. The summed E-state index contributed by atoms with van der Waals surface area (Å²) < 4.78 is 14.4. The van der Waals surface area contributed by atoms with Crippen molar-refractivity contribution in [2.45, 2.75) is 0 Å². The van der Waals surface area contributed by atoms with Crippen LogP contribution < -0.4 is 0 Å². The van der Waals surface area contributed by atoms with Crippen molar-refractivity contribution in [1.29, 1.82) is 0 Å². The lowest BCUT2D eigenvalue weighted by atomic mass is 10.1. The zero-order valence-corrected chi connectivity index (χ0v) is 9.20. The highest BCUT2D eigenvalue weighted by atomic mass is 35.5. The van der Waals surface area contributed by atoms with Gasteiger partial charge in [0, 0.05) is 12.6 Å². The SMILES string of the molecule is Cn1nc(-c2cccc(F)c2)c(Cl)c1C=O. The maximum atomic E-state index is 13.0. The Labute approximate surface area is 96.5 Å². The molecule has 0 radical (unpaired) electrons. The van der Waals surface area contributed by atoms with Crippen LogP contribution in [-0.2, 0) is 7.05 Å². The van der Waals surface area contributed by atoms with E-state index in [1.54, 1.807) is 19.2 Å². The van der Waals surface area contributed by atoms with Gasteiger partial charge in [-0.3, -0.25) is 9.48 Å². The van der Waals surface area contributed by atoms with Gasteiger partial charge in [0.2, 0.25) is 0 Å². The molecule has 82 valence electrons. The molecule has 0 saturated carbocycles. The molecule has 0 unspecified atom stereocenters. The van der Waals surface area contributed by atoms with Crippen molar-refractivity contribution < 1.29 is 9.18 Å². The van der Waals surface area contributed by atoms with Crippen LogP contribution in [0.5, 0.6) is 0 Å². The Hall–Kier alpha value is -1.68. The van der Waals surface area contributed by atoms with Crippen LogP contribution in [0.25, 0.3) is 11.3 Å². The number of hydrogen-bond acceptors (Lipinski definition) is 2. The lowest BCUT2D eigenvalue weighted by Crippen LogP contribution is -1.95. The number of carbonyl (C=O) groups excluding carboxylic acids is 1. The average molecular weight is 239 g/mol. The van der Waals surface area contributed by atoms with E-state index in [0.717, 1.165) is 0 Å². The van der Waals surface area contributed by atoms with Crippen molar-refractivity contribution in [2.24, 2.45) is 7.05 Å². The minimum atomic E-state index is -0.369. The van der Waals surface area contributed by atoms with E-state index < -0.39 is 0 Å². The third-order valence-electron chi connectivity index (χ3n) is 2.24. The summed E-state index contributed by atoms with van der Waals surface area (Å²) in [5.74, 6) is -0.369. The summed E-state index contributed by atoms with van der Waals surface area (Å²) >= 11 is 5.98. The lowest BCUT2D eigenvalue weighted by molar-refractivity contribution is 0.111. The molecule has 1 heterocycles. The Bertz CT molecular complexity index is 551. The summed E-state index contributed by atoms with van der Waals surface area (Å²) in [6.45, 7) is 0. The molecule has 0 aliphatic heterocycles. The summed E-state index contributed by atoms with van der Waals surface area (Å²) in [4.78, 5) is 10.7. The number of aldehydes is 1. The highest BCUT2D eigenvalue weighted by Gasteiger charge is 2.15. The van der Waals surface area contributed by atoms with Gasteiger partial charge in [0.15, 0.2) is 6.29 Å². The first-order chi connectivity index (χ1) is 7.63. The largest absolute Gasteiger partial charge is 0.296 e. The first kappa shape index (κ1) is 10.8. The van der Waals surface area contributed by atoms with Crippen LogP contribution in [0, 0.1) is 5.82 Å². The van der Waals surface area contributed by atoms with E-state index in [4.69, 9.17) is 11.6 Å². The molecule has 0 amide bonds. The van der Waals surface area contributed by atoms with Gasteiger partial charge < -0.3 is 0 Å². The van der Waals surface area contributed by atoms with Gasteiger partial charge >= 0.3 is 0 Å². The molecule has 0 saturated heterocycles. The van der Waals surface area contributed by atoms with Crippen LogP contribution in [0.15, 0.2) is 24.3 Å². The predicted octanol–water partition coefficient (Wildman–Crippen LogP) is 2.69. The van der Waals surface area contributed by atoms with Crippen molar-refractivity contribution in [2.75, 3.05) is 0 Å². The maximum Gasteiger partial charge on any atom is 0.169 e. The van der Waals surface area contributed by atoms with Gasteiger partial charge in [-0.05, 0) is 12.1 Å². The average Bonchev–Trinajstić information content (AvgIpc) is 2.54. The van der Waals surface area contributed by atoms with Crippen molar-refractivity contribution in [3.05, 3.63) is 40.8 Å². The molecular weight excluding hydrogens is 231 g/mol. The number of benzene rings is 1. The van der Waals surface area contributed by atoms with Crippen molar-refractivity contribution >= 4 is 17.9 Å². The van der Waals surface area contributed by atoms with Gasteiger partial charge in [0.05, 0.1) is 5.02 Å². The minimum absolute atomic E-state index is 0.239. The van der Waals surface area contributed by atoms with E-state index in [1.165, 1.54) is 16.8 Å². The number of hydrogen-bond donors (Lipinski definition) is 0. The van der Waals surface area contributed by atoms with Gasteiger partial charge in [-0.25, -0.2) is 4.39 Å². The van der Waals surface area contributed by atoms with Gasteiger partial charge in [0.1, 0.15) is 17.2 Å². The van der Waals surface area contributed by atoms with E-state index in [-0.39, 0.29) is 16.5 Å². The molecule has 16 heavy (non-hydrogen) atoms. The fourth-order valence-corrected chi connectivity index (χ4v) is 1.77. The molecular formula is C11H8ClFN2O. The highest BCUT2D eigenvalue weighted by molar-refractivity contribution is 6.35. The molecule has 1 aromatic heterocycles. The zero-order valence-electron chi connectivity index (χ0n) is 8.45. The van der Waals surface area contributed by atoms with Crippen LogP contribution in [0.4, 0.5) is 4.39 Å². The second-order valence-corrected chi connectivity index (χ2v) is 3.68. The van der Waals surface area contributed by atoms with Crippen LogP contribution in [-0.4, -0.2) is 16.1 Å². The van der Waals surface area contributed by atoms with Gasteiger partial charge in [-0.1, -0.05) is 23.7 Å². The summed E-state index contributed by atoms with van der Waals surface area (Å²) in [5.41, 5.74) is 1.24. The third-order valence-corrected chi connectivity index (χ3v) is 2.61. The standard InChI is InChI=1S/C11H8ClFN2O/c1-15-9(6-16)10(12)11(14-15)7-3-2-4-8(13)5-7/h2-6H,1H3. The second-order valence-electron chi connectivity index (χ2n) is 3.30. The molecule has 0 atom stereocenters. The van der Waals surface area contributed by atoms with Gasteiger partial charge in [0.25, 0.3) is 0 Å². The van der Waals surface area contributed by atoms with Crippen LogP contribution in [0.1, 0.15) is 10.5 Å². The van der Waals surface area contributed by atoms with E-state index >= 15 is 0 Å². The Morgan fingerprint density at radius 2 is 2.25 bits per heavy atom. The highest BCUT2D eigenvalue weighted by Crippen LogP contribution is 2.28. The van der Waals surface area contributed by atoms with Crippen LogP contribution in [0.3, 0.4) is 0 Å². The molecule has 2 aromatic rings. The number of halogens is 2. The second kappa shape index (κ2) is 4.06. The topological polar surface area (TPSA) is 34.9 Å². The maximum absolute atomic E-state index is 13.0. The molecule has 0 N–H and O–H groups in total. The smallest absolute Gasteiger partial charge is 0.169 e. The fourth-order valence-electron chi connectivity index (χ4n) is 1.46. The third kappa shape index (κ3) is 1.72. The number of rotatable bonds is 2. The Morgan fingerprint density at radius 1 is 1.50 bits per heavy atom. The predicted molar refractivity (Wildman–Crippen MR) is 59.0 cm³/mol. The van der Waals surface area contributed by atoms with Gasteiger partial charge in [-0.2, -0.15) is 5.10 Å². The number of carbonyl (C=O) groups is 1. The number of aryl methyl sites for hydroxylation is 1. The van der Waals surface area contributed by atoms with E-state index in [1.807, 2.05) is 0 Å². The normalized spacial score (nSPS) is 10.4. The Morgan fingerprint density at radius 3 is 2.81 bits per heavy atom. The summed E-state index contributed by atoms with van der Waals surface area (Å²) in [5, 5.41) is 4.32. The van der Waals surface area contributed by atoms with E-state index in [2.05, 4.69) is 5.10 Å². The molecule has 1 aromatic carbocycles. The molecule has 0 aliphatic rings. The first-order valence-corrected chi connectivity index (χ1v) is 4.95. The molecule has 3 nitrogen and oxygen atoms in total. The summed E-state index contributed by atoms with van der Waals surface area (Å²) in [7, 11) is 1.61. The number of aromatic nitrogens is 2. The first-order valence-electron chi connectivity index (χ1n) is 4.57. The van der Waals surface area contributed by atoms with E-state index in [9.17, 15) is 9.18 Å². The molecule has 0 spiro atoms.